The molecular formula is C12H19F2N3O. The van der Waals surface area contributed by atoms with Crippen LogP contribution in [0.2, 0.25) is 0 Å². The molecule has 6 heteroatoms. The fourth-order valence-electron chi connectivity index (χ4n) is 2.34. The van der Waals surface area contributed by atoms with E-state index in [9.17, 15) is 8.78 Å². The van der Waals surface area contributed by atoms with Crippen LogP contribution in [0.4, 0.5) is 8.78 Å². The SMILES string of the molecule is CCC(NC)c1nnc(C2CCC(F)(F)CC2)o1. The van der Waals surface area contributed by atoms with Crippen molar-refractivity contribution in [2.45, 2.75) is 56.9 Å². The maximum atomic E-state index is 13.1. The van der Waals surface area contributed by atoms with Gasteiger partial charge in [-0.2, -0.15) is 0 Å². The van der Waals surface area contributed by atoms with Crippen molar-refractivity contribution in [1.29, 1.82) is 0 Å². The highest BCUT2D eigenvalue weighted by molar-refractivity contribution is 4.97. The summed E-state index contributed by atoms with van der Waals surface area (Å²) in [4.78, 5) is 0. The Balaban J connectivity index is 2.02. The molecule has 1 aromatic heterocycles. The van der Waals surface area contributed by atoms with Gasteiger partial charge in [0.05, 0.1) is 6.04 Å². The highest BCUT2D eigenvalue weighted by Crippen LogP contribution is 2.40. The fraction of sp³-hybridized carbons (Fsp3) is 0.833. The Labute approximate surface area is 105 Å². The lowest BCUT2D eigenvalue weighted by Crippen LogP contribution is -2.23. The van der Waals surface area contributed by atoms with Crippen LogP contribution in [0, 0.1) is 0 Å². The molecule has 1 aliphatic rings. The van der Waals surface area contributed by atoms with Crippen molar-refractivity contribution in [2.24, 2.45) is 0 Å². The van der Waals surface area contributed by atoms with Gasteiger partial charge < -0.3 is 9.73 Å². The van der Waals surface area contributed by atoms with E-state index in [0.29, 0.717) is 24.6 Å². The largest absolute Gasteiger partial charge is 0.423 e. The molecule has 0 saturated heterocycles. The monoisotopic (exact) mass is 259 g/mol. The lowest BCUT2D eigenvalue weighted by molar-refractivity contribution is -0.0399. The molecule has 18 heavy (non-hydrogen) atoms. The number of hydrogen-bond acceptors (Lipinski definition) is 4. The molecule has 1 fully saturated rings. The molecule has 2 rings (SSSR count). The Morgan fingerprint density at radius 1 is 1.39 bits per heavy atom. The second-order valence-corrected chi connectivity index (χ2v) is 4.86. The molecule has 4 nitrogen and oxygen atoms in total. The van der Waals surface area contributed by atoms with Crippen molar-refractivity contribution >= 4 is 0 Å². The summed E-state index contributed by atoms with van der Waals surface area (Å²) in [6.45, 7) is 2.02. The topological polar surface area (TPSA) is 51.0 Å². The number of nitrogens with one attached hydrogen (secondary N) is 1. The molecule has 1 N–H and O–H groups in total. The number of halogens is 2. The first-order valence-electron chi connectivity index (χ1n) is 6.44. The molecule has 1 aliphatic carbocycles. The second kappa shape index (κ2) is 5.30. The average molecular weight is 259 g/mol. The van der Waals surface area contributed by atoms with Crippen LogP contribution in [0.5, 0.6) is 0 Å². The molecule has 1 aromatic rings. The zero-order valence-electron chi connectivity index (χ0n) is 10.7. The van der Waals surface area contributed by atoms with Crippen LogP contribution in [0.25, 0.3) is 0 Å². The van der Waals surface area contributed by atoms with Gasteiger partial charge in [-0.1, -0.05) is 6.92 Å². The Hall–Kier alpha value is -1.04. The van der Waals surface area contributed by atoms with Gasteiger partial charge >= 0.3 is 0 Å². The first kappa shape index (κ1) is 13.4. The van der Waals surface area contributed by atoms with Gasteiger partial charge in [0.2, 0.25) is 17.7 Å². The summed E-state index contributed by atoms with van der Waals surface area (Å²) in [6.07, 6.45) is 1.52. The Kier molecular flexibility index (Phi) is 3.94. The third kappa shape index (κ3) is 2.85. The average Bonchev–Trinajstić information content (AvgIpc) is 2.80. The molecule has 102 valence electrons. The van der Waals surface area contributed by atoms with Crippen LogP contribution in [0.3, 0.4) is 0 Å². The number of nitrogens with zero attached hydrogens (tertiary/aromatic N) is 2. The summed E-state index contributed by atoms with van der Waals surface area (Å²) in [6, 6.07) is 0.0382. The molecule has 1 saturated carbocycles. The minimum atomic E-state index is -2.52. The van der Waals surface area contributed by atoms with Gasteiger partial charge in [-0.25, -0.2) is 8.78 Å². The Morgan fingerprint density at radius 2 is 2.06 bits per heavy atom. The van der Waals surface area contributed by atoms with Crippen LogP contribution in [-0.4, -0.2) is 23.2 Å². The third-order valence-electron chi connectivity index (χ3n) is 3.58. The minimum Gasteiger partial charge on any atom is -0.423 e. The van der Waals surface area contributed by atoms with Crippen molar-refractivity contribution < 1.29 is 13.2 Å². The van der Waals surface area contributed by atoms with Gasteiger partial charge in [-0.15, -0.1) is 10.2 Å². The van der Waals surface area contributed by atoms with Gasteiger partial charge in [0.25, 0.3) is 0 Å². The van der Waals surface area contributed by atoms with E-state index in [1.165, 1.54) is 0 Å². The van der Waals surface area contributed by atoms with Gasteiger partial charge in [0.15, 0.2) is 0 Å². The van der Waals surface area contributed by atoms with Crippen LogP contribution in [0.15, 0.2) is 4.42 Å². The standard InChI is InChI=1S/C12H19F2N3O/c1-3-9(15-2)11-17-16-10(18-11)8-4-6-12(13,14)7-5-8/h8-9,15H,3-7H2,1-2H3. The summed E-state index contributed by atoms with van der Waals surface area (Å²) in [7, 11) is 1.83. The predicted octanol–water partition coefficient (Wildman–Crippen LogP) is 3.03. The van der Waals surface area contributed by atoms with Crippen LogP contribution in [0.1, 0.15) is 62.8 Å². The van der Waals surface area contributed by atoms with Crippen LogP contribution < -0.4 is 5.32 Å². The molecule has 0 aromatic carbocycles. The quantitative estimate of drug-likeness (QED) is 0.903. The van der Waals surface area contributed by atoms with E-state index in [0.717, 1.165) is 6.42 Å². The minimum absolute atomic E-state index is 0.0137. The summed E-state index contributed by atoms with van der Waals surface area (Å²) in [5.74, 6) is -1.47. The zero-order chi connectivity index (χ0) is 13.2. The summed E-state index contributed by atoms with van der Waals surface area (Å²) in [5.41, 5.74) is 0. The van der Waals surface area contributed by atoms with Crippen molar-refractivity contribution in [2.75, 3.05) is 7.05 Å². The van der Waals surface area contributed by atoms with E-state index >= 15 is 0 Å². The number of hydrogen-bond donors (Lipinski definition) is 1. The predicted molar refractivity (Wildman–Crippen MR) is 62.5 cm³/mol. The summed E-state index contributed by atoms with van der Waals surface area (Å²) >= 11 is 0. The number of rotatable bonds is 4. The zero-order valence-corrected chi connectivity index (χ0v) is 10.7. The van der Waals surface area contributed by atoms with E-state index in [4.69, 9.17) is 4.42 Å². The van der Waals surface area contributed by atoms with Gasteiger partial charge in [-0.05, 0) is 26.3 Å². The van der Waals surface area contributed by atoms with Crippen molar-refractivity contribution in [3.05, 3.63) is 11.8 Å². The van der Waals surface area contributed by atoms with E-state index in [2.05, 4.69) is 15.5 Å². The smallest absolute Gasteiger partial charge is 0.248 e. The molecule has 0 aliphatic heterocycles. The first-order chi connectivity index (χ1) is 8.55. The molecule has 0 radical (unpaired) electrons. The van der Waals surface area contributed by atoms with Gasteiger partial charge in [-0.3, -0.25) is 0 Å². The normalized spacial score (nSPS) is 22.0. The van der Waals surface area contributed by atoms with Gasteiger partial charge in [0, 0.05) is 18.8 Å². The lowest BCUT2D eigenvalue weighted by atomic mass is 9.87. The molecule has 1 unspecified atom stereocenters. The highest BCUT2D eigenvalue weighted by atomic mass is 19.3. The van der Waals surface area contributed by atoms with E-state index in [-0.39, 0.29) is 24.8 Å². The fourth-order valence-corrected chi connectivity index (χ4v) is 2.34. The summed E-state index contributed by atoms with van der Waals surface area (Å²) < 4.78 is 31.7. The molecule has 0 amide bonds. The van der Waals surface area contributed by atoms with E-state index in [1.54, 1.807) is 0 Å². The van der Waals surface area contributed by atoms with E-state index < -0.39 is 5.92 Å². The number of aromatic nitrogens is 2. The van der Waals surface area contributed by atoms with Crippen molar-refractivity contribution in [3.8, 4) is 0 Å². The van der Waals surface area contributed by atoms with E-state index in [1.807, 2.05) is 14.0 Å². The molecule has 0 bridgehead atoms. The Bertz CT molecular complexity index is 380. The highest BCUT2D eigenvalue weighted by Gasteiger charge is 2.37. The second-order valence-electron chi connectivity index (χ2n) is 4.86. The lowest BCUT2D eigenvalue weighted by Gasteiger charge is -2.25. The third-order valence-corrected chi connectivity index (χ3v) is 3.58. The van der Waals surface area contributed by atoms with Gasteiger partial charge in [0.1, 0.15) is 0 Å². The van der Waals surface area contributed by atoms with Crippen LogP contribution in [-0.2, 0) is 0 Å². The van der Waals surface area contributed by atoms with Crippen molar-refractivity contribution in [3.63, 3.8) is 0 Å². The molecule has 1 heterocycles. The molecular weight excluding hydrogens is 240 g/mol. The maximum Gasteiger partial charge on any atom is 0.248 e. The first-order valence-corrected chi connectivity index (χ1v) is 6.44. The molecule has 0 spiro atoms. The molecule has 1 atom stereocenters. The Morgan fingerprint density at radius 3 is 2.61 bits per heavy atom. The number of alkyl halides is 2. The van der Waals surface area contributed by atoms with Crippen LogP contribution >= 0.6 is 0 Å². The van der Waals surface area contributed by atoms with Crippen molar-refractivity contribution in [1.82, 2.24) is 15.5 Å². The summed E-state index contributed by atoms with van der Waals surface area (Å²) in [5, 5.41) is 11.1. The maximum absolute atomic E-state index is 13.1.